The molecule has 6 heteroatoms. The van der Waals surface area contributed by atoms with Gasteiger partial charge < -0.3 is 9.47 Å². The molecule has 0 saturated carbocycles. The lowest BCUT2D eigenvalue weighted by atomic mass is 10.2. The summed E-state index contributed by atoms with van der Waals surface area (Å²) < 4.78 is 12.1. The maximum Gasteiger partial charge on any atom is 0.263 e. The first-order chi connectivity index (χ1) is 6.70. The molecule has 76 valence electrons. The zero-order chi connectivity index (χ0) is 10.1. The minimum atomic E-state index is -0.0228. The molecule has 1 aliphatic heterocycles. The van der Waals surface area contributed by atoms with E-state index in [0.29, 0.717) is 6.61 Å². The van der Waals surface area contributed by atoms with Crippen molar-refractivity contribution in [3.63, 3.8) is 0 Å². The second kappa shape index (κ2) is 3.38. The zero-order valence-electron chi connectivity index (χ0n) is 8.01. The van der Waals surface area contributed by atoms with Crippen LogP contribution in [0, 0.1) is 4.91 Å². The first-order valence-corrected chi connectivity index (χ1v) is 4.36. The van der Waals surface area contributed by atoms with E-state index in [-0.39, 0.29) is 23.8 Å². The third-order valence-corrected chi connectivity index (χ3v) is 2.19. The van der Waals surface area contributed by atoms with Gasteiger partial charge in [0.05, 0.1) is 18.9 Å². The Hall–Kier alpha value is -1.43. The predicted molar refractivity (Wildman–Crippen MR) is 48.5 cm³/mol. The highest BCUT2D eigenvalue weighted by Gasteiger charge is 2.31. The molecule has 0 bridgehead atoms. The molecular weight excluding hydrogens is 186 g/mol. The lowest BCUT2D eigenvalue weighted by molar-refractivity contribution is -0.140. The normalized spacial score (nSPS) is 25.6. The zero-order valence-corrected chi connectivity index (χ0v) is 8.01. The van der Waals surface area contributed by atoms with Gasteiger partial charge in [-0.15, -0.1) is 10.0 Å². The van der Waals surface area contributed by atoms with Crippen LogP contribution in [0.4, 0.5) is 5.69 Å². The van der Waals surface area contributed by atoms with Gasteiger partial charge in [-0.2, -0.15) is 0 Å². The number of nitrogens with zero attached hydrogens (tertiary/aromatic N) is 3. The van der Waals surface area contributed by atoms with Crippen molar-refractivity contribution in [3.8, 4) is 5.88 Å². The minimum Gasteiger partial charge on any atom is -0.466 e. The Bertz CT molecular complexity index is 350. The summed E-state index contributed by atoms with van der Waals surface area (Å²) in [6, 6.07) is 0. The van der Waals surface area contributed by atoms with E-state index in [4.69, 9.17) is 9.47 Å². The Morgan fingerprint density at radius 1 is 1.79 bits per heavy atom. The molecule has 1 fully saturated rings. The highest BCUT2D eigenvalue weighted by Crippen LogP contribution is 2.28. The van der Waals surface area contributed by atoms with Gasteiger partial charge in [0.2, 0.25) is 0 Å². The van der Waals surface area contributed by atoms with Crippen molar-refractivity contribution < 1.29 is 9.47 Å². The van der Waals surface area contributed by atoms with Crippen LogP contribution in [0.15, 0.2) is 11.4 Å². The van der Waals surface area contributed by atoms with Gasteiger partial charge in [-0.3, -0.25) is 4.68 Å². The van der Waals surface area contributed by atoms with Gasteiger partial charge in [0, 0.05) is 7.05 Å². The van der Waals surface area contributed by atoms with E-state index in [9.17, 15) is 4.91 Å². The smallest absolute Gasteiger partial charge is 0.263 e. The summed E-state index contributed by atoms with van der Waals surface area (Å²) in [5, 5.41) is 6.81. The Balaban J connectivity index is 2.11. The van der Waals surface area contributed by atoms with Gasteiger partial charge in [-0.25, -0.2) is 0 Å². The fraction of sp³-hybridized carbons (Fsp3) is 0.625. The molecule has 1 saturated heterocycles. The van der Waals surface area contributed by atoms with Gasteiger partial charge in [0.1, 0.15) is 6.10 Å². The van der Waals surface area contributed by atoms with Crippen LogP contribution in [-0.4, -0.2) is 28.6 Å². The summed E-state index contributed by atoms with van der Waals surface area (Å²) in [7, 11) is 1.71. The van der Waals surface area contributed by atoms with Crippen LogP contribution in [0.1, 0.15) is 6.92 Å². The SMILES string of the molecule is C[C@@H]1OC[C@@H]1Oc1nn(C)cc1N=O. The van der Waals surface area contributed by atoms with Crippen LogP contribution < -0.4 is 4.74 Å². The van der Waals surface area contributed by atoms with E-state index < -0.39 is 0 Å². The Kier molecular flexibility index (Phi) is 2.20. The molecule has 2 rings (SSSR count). The molecule has 0 spiro atoms. The number of hydrogen-bond acceptors (Lipinski definition) is 5. The van der Waals surface area contributed by atoms with Crippen LogP contribution in [0.2, 0.25) is 0 Å². The third-order valence-electron chi connectivity index (χ3n) is 2.19. The molecule has 0 aromatic carbocycles. The average molecular weight is 197 g/mol. The summed E-state index contributed by atoms with van der Waals surface area (Å²) in [5.74, 6) is 0.280. The minimum absolute atomic E-state index is 0.0228. The fourth-order valence-electron chi connectivity index (χ4n) is 1.24. The van der Waals surface area contributed by atoms with E-state index in [1.54, 1.807) is 7.05 Å². The highest BCUT2D eigenvalue weighted by atomic mass is 16.6. The number of aryl methyl sites for hydroxylation is 1. The van der Waals surface area contributed by atoms with Crippen molar-refractivity contribution in [1.29, 1.82) is 0 Å². The van der Waals surface area contributed by atoms with Crippen molar-refractivity contribution in [1.82, 2.24) is 9.78 Å². The van der Waals surface area contributed by atoms with Crippen LogP contribution >= 0.6 is 0 Å². The van der Waals surface area contributed by atoms with E-state index in [2.05, 4.69) is 10.3 Å². The van der Waals surface area contributed by atoms with Crippen LogP contribution in [-0.2, 0) is 11.8 Å². The van der Waals surface area contributed by atoms with Crippen molar-refractivity contribution in [2.24, 2.45) is 12.2 Å². The summed E-state index contributed by atoms with van der Waals surface area (Å²) in [6.45, 7) is 2.45. The molecule has 0 aliphatic carbocycles. The van der Waals surface area contributed by atoms with Crippen LogP contribution in [0.5, 0.6) is 5.88 Å². The molecule has 2 atom stereocenters. The summed E-state index contributed by atoms with van der Waals surface area (Å²) in [4.78, 5) is 10.4. The van der Waals surface area contributed by atoms with E-state index >= 15 is 0 Å². The second-order valence-corrected chi connectivity index (χ2v) is 3.28. The monoisotopic (exact) mass is 197 g/mol. The first-order valence-electron chi connectivity index (χ1n) is 4.36. The molecular formula is C8H11N3O3. The van der Waals surface area contributed by atoms with E-state index in [0.717, 1.165) is 0 Å². The average Bonchev–Trinajstić information content (AvgIpc) is 2.53. The lowest BCUT2D eigenvalue weighted by Crippen LogP contribution is -2.46. The van der Waals surface area contributed by atoms with Crippen LogP contribution in [0.25, 0.3) is 0 Å². The molecule has 1 aliphatic rings. The maximum absolute atomic E-state index is 10.4. The third kappa shape index (κ3) is 1.48. The Morgan fingerprint density at radius 3 is 3.07 bits per heavy atom. The largest absolute Gasteiger partial charge is 0.466 e. The number of hydrogen-bond donors (Lipinski definition) is 0. The second-order valence-electron chi connectivity index (χ2n) is 3.28. The Morgan fingerprint density at radius 2 is 2.57 bits per heavy atom. The predicted octanol–water partition coefficient (Wildman–Crippen LogP) is 0.984. The van der Waals surface area contributed by atoms with Gasteiger partial charge in [0.25, 0.3) is 5.88 Å². The van der Waals surface area contributed by atoms with Gasteiger partial charge in [-0.05, 0) is 12.1 Å². The number of rotatable bonds is 3. The van der Waals surface area contributed by atoms with Crippen molar-refractivity contribution in [2.45, 2.75) is 19.1 Å². The maximum atomic E-state index is 10.4. The Labute approximate surface area is 80.8 Å². The van der Waals surface area contributed by atoms with Gasteiger partial charge in [-0.1, -0.05) is 0 Å². The first kappa shape index (κ1) is 9.14. The quantitative estimate of drug-likeness (QED) is 0.677. The topological polar surface area (TPSA) is 65.7 Å². The number of ether oxygens (including phenoxy) is 2. The number of nitroso groups, excluding NO2 is 1. The van der Waals surface area contributed by atoms with Crippen molar-refractivity contribution >= 4 is 5.69 Å². The van der Waals surface area contributed by atoms with E-state index in [1.165, 1.54) is 10.9 Å². The number of aromatic nitrogens is 2. The molecule has 1 aromatic heterocycles. The van der Waals surface area contributed by atoms with Crippen molar-refractivity contribution in [2.75, 3.05) is 6.61 Å². The molecule has 0 radical (unpaired) electrons. The summed E-state index contributed by atoms with van der Waals surface area (Å²) >= 11 is 0. The fourth-order valence-corrected chi connectivity index (χ4v) is 1.24. The lowest BCUT2D eigenvalue weighted by Gasteiger charge is -2.33. The molecule has 0 amide bonds. The molecule has 6 nitrogen and oxygen atoms in total. The van der Waals surface area contributed by atoms with Crippen LogP contribution in [0.3, 0.4) is 0 Å². The van der Waals surface area contributed by atoms with Gasteiger partial charge >= 0.3 is 0 Å². The van der Waals surface area contributed by atoms with Gasteiger partial charge in [0.15, 0.2) is 5.69 Å². The molecule has 2 heterocycles. The molecule has 0 N–H and O–H groups in total. The van der Waals surface area contributed by atoms with Crippen molar-refractivity contribution in [3.05, 3.63) is 11.1 Å². The highest BCUT2D eigenvalue weighted by molar-refractivity contribution is 5.44. The molecule has 14 heavy (non-hydrogen) atoms. The molecule has 1 aromatic rings. The summed E-state index contributed by atoms with van der Waals surface area (Å²) in [5.41, 5.74) is 0.228. The standard InChI is InChI=1S/C8H11N3O3/c1-5-7(4-13-5)14-8-6(10-12)3-11(2)9-8/h3,5,7H,4H2,1-2H3/t5-,7-/m0/s1. The molecule has 0 unspecified atom stereocenters. The summed E-state index contributed by atoms with van der Waals surface area (Å²) in [6.07, 6.45) is 1.55. The van der Waals surface area contributed by atoms with E-state index in [1.807, 2.05) is 6.92 Å².